The summed E-state index contributed by atoms with van der Waals surface area (Å²) in [6.07, 6.45) is 0.173. The van der Waals surface area contributed by atoms with Crippen LogP contribution in [-0.2, 0) is 19.6 Å². The van der Waals surface area contributed by atoms with Crippen molar-refractivity contribution in [1.29, 1.82) is 0 Å². The van der Waals surface area contributed by atoms with Gasteiger partial charge in [0, 0.05) is 6.54 Å². The minimum Gasteiger partial charge on any atom is -0.480 e. The zero-order valence-electron chi connectivity index (χ0n) is 16.3. The van der Waals surface area contributed by atoms with Gasteiger partial charge in [-0.25, -0.2) is 13.1 Å². The van der Waals surface area contributed by atoms with Gasteiger partial charge in [0.2, 0.25) is 10.0 Å². The molecule has 0 amide bonds. The van der Waals surface area contributed by atoms with E-state index in [0.717, 1.165) is 10.8 Å². The number of rotatable bonds is 11. The molecule has 0 aromatic heterocycles. The Labute approximate surface area is 170 Å². The smallest absolute Gasteiger partial charge is 0.320 e. The Morgan fingerprint density at radius 2 is 1.59 bits per heavy atom. The van der Waals surface area contributed by atoms with Gasteiger partial charge in [-0.1, -0.05) is 44.2 Å². The van der Waals surface area contributed by atoms with Crippen molar-refractivity contribution in [2.45, 2.75) is 43.7 Å². The molecule has 0 aliphatic carbocycles. The summed E-state index contributed by atoms with van der Waals surface area (Å²) >= 11 is 0. The molecule has 0 saturated carbocycles. The monoisotopic (exact) mass is 422 g/mol. The summed E-state index contributed by atoms with van der Waals surface area (Å²) in [7, 11) is -3.82. The van der Waals surface area contributed by atoms with E-state index in [-0.39, 0.29) is 30.2 Å². The Kier molecular flexibility index (Phi) is 7.72. The lowest BCUT2D eigenvalue weighted by Gasteiger charge is -2.21. The van der Waals surface area contributed by atoms with Crippen LogP contribution in [0.4, 0.5) is 0 Å². The minimum absolute atomic E-state index is 0.0597. The highest BCUT2D eigenvalue weighted by Crippen LogP contribution is 2.18. The lowest BCUT2D eigenvalue weighted by atomic mass is 10.0. The summed E-state index contributed by atoms with van der Waals surface area (Å²) in [5.74, 6) is -2.31. The zero-order chi connectivity index (χ0) is 21.6. The fraction of sp³-hybridized carbons (Fsp3) is 0.400. The van der Waals surface area contributed by atoms with Crippen molar-refractivity contribution in [2.75, 3.05) is 6.54 Å². The fourth-order valence-electron chi connectivity index (χ4n) is 2.99. The topological polar surface area (TPSA) is 133 Å². The summed E-state index contributed by atoms with van der Waals surface area (Å²) in [4.78, 5) is 22.9. The second-order valence-corrected chi connectivity index (χ2v) is 9.04. The van der Waals surface area contributed by atoms with Crippen LogP contribution < -0.4 is 10.0 Å². The lowest BCUT2D eigenvalue weighted by molar-refractivity contribution is -0.143. The Hall–Kier alpha value is -2.49. The number of benzene rings is 2. The van der Waals surface area contributed by atoms with E-state index in [0.29, 0.717) is 0 Å². The molecule has 29 heavy (non-hydrogen) atoms. The SMILES string of the molecule is CC(C)C[C@H](NC(CCNS(=O)(=O)c1ccc2ccccc2c1)C(=O)O)C(=O)O. The number of carboxylic acid groups (broad SMARTS) is 2. The second kappa shape index (κ2) is 9.82. The van der Waals surface area contributed by atoms with Crippen molar-refractivity contribution in [1.82, 2.24) is 10.0 Å². The Morgan fingerprint density at radius 3 is 2.17 bits per heavy atom. The average Bonchev–Trinajstić information content (AvgIpc) is 2.65. The Bertz CT molecular complexity index is 974. The molecule has 0 fully saturated rings. The molecule has 0 aliphatic rings. The highest BCUT2D eigenvalue weighted by molar-refractivity contribution is 7.89. The molecule has 0 aliphatic heterocycles. The van der Waals surface area contributed by atoms with Crippen LogP contribution in [0.15, 0.2) is 47.4 Å². The molecule has 158 valence electrons. The molecule has 0 bridgehead atoms. The molecule has 2 atom stereocenters. The largest absolute Gasteiger partial charge is 0.480 e. The highest BCUT2D eigenvalue weighted by atomic mass is 32.2. The van der Waals surface area contributed by atoms with Crippen molar-refractivity contribution in [2.24, 2.45) is 5.92 Å². The van der Waals surface area contributed by atoms with Gasteiger partial charge in [0.25, 0.3) is 0 Å². The van der Waals surface area contributed by atoms with Crippen LogP contribution in [0.3, 0.4) is 0 Å². The first-order valence-electron chi connectivity index (χ1n) is 9.30. The van der Waals surface area contributed by atoms with Crippen molar-refractivity contribution < 1.29 is 28.2 Å². The van der Waals surface area contributed by atoms with E-state index in [1.807, 2.05) is 32.0 Å². The Morgan fingerprint density at radius 1 is 0.966 bits per heavy atom. The van der Waals surface area contributed by atoms with Crippen LogP contribution >= 0.6 is 0 Å². The van der Waals surface area contributed by atoms with Crippen LogP contribution in [0.25, 0.3) is 10.8 Å². The van der Waals surface area contributed by atoms with E-state index >= 15 is 0 Å². The van der Waals surface area contributed by atoms with Crippen LogP contribution in [0.1, 0.15) is 26.7 Å². The molecule has 2 aromatic carbocycles. The third-order valence-electron chi connectivity index (χ3n) is 4.46. The summed E-state index contributed by atoms with van der Waals surface area (Å²) in [5.41, 5.74) is 0. The minimum atomic E-state index is -3.82. The number of hydrogen-bond acceptors (Lipinski definition) is 5. The first-order chi connectivity index (χ1) is 13.6. The average molecular weight is 423 g/mol. The highest BCUT2D eigenvalue weighted by Gasteiger charge is 2.27. The molecule has 2 rings (SSSR count). The number of sulfonamides is 1. The number of hydrogen-bond donors (Lipinski definition) is 4. The molecular formula is C20H26N2O6S. The van der Waals surface area contributed by atoms with E-state index < -0.39 is 34.0 Å². The molecule has 8 nitrogen and oxygen atoms in total. The number of aliphatic carboxylic acids is 2. The molecule has 1 unspecified atom stereocenters. The molecule has 0 radical (unpaired) electrons. The quantitative estimate of drug-likeness (QED) is 0.435. The van der Waals surface area contributed by atoms with E-state index in [1.54, 1.807) is 18.2 Å². The lowest BCUT2D eigenvalue weighted by Crippen LogP contribution is -2.48. The molecular weight excluding hydrogens is 396 g/mol. The fourth-order valence-corrected chi connectivity index (χ4v) is 4.07. The van der Waals surface area contributed by atoms with Crippen molar-refractivity contribution >= 4 is 32.7 Å². The van der Waals surface area contributed by atoms with E-state index in [4.69, 9.17) is 0 Å². The van der Waals surface area contributed by atoms with Crippen molar-refractivity contribution in [3.05, 3.63) is 42.5 Å². The van der Waals surface area contributed by atoms with Gasteiger partial charge < -0.3 is 10.2 Å². The summed E-state index contributed by atoms with van der Waals surface area (Å²) in [6, 6.07) is 9.88. The van der Waals surface area contributed by atoms with E-state index in [2.05, 4.69) is 10.0 Å². The van der Waals surface area contributed by atoms with Gasteiger partial charge in [-0.3, -0.25) is 14.9 Å². The Balaban J connectivity index is 2.03. The predicted molar refractivity (Wildman–Crippen MR) is 109 cm³/mol. The third kappa shape index (κ3) is 6.52. The van der Waals surface area contributed by atoms with E-state index in [1.165, 1.54) is 6.07 Å². The van der Waals surface area contributed by atoms with Crippen LogP contribution in [0, 0.1) is 5.92 Å². The molecule has 4 N–H and O–H groups in total. The molecule has 9 heteroatoms. The molecule has 0 spiro atoms. The van der Waals surface area contributed by atoms with Crippen molar-refractivity contribution in [3.63, 3.8) is 0 Å². The first kappa shape index (κ1) is 22.8. The molecule has 2 aromatic rings. The number of carbonyl (C=O) groups is 2. The zero-order valence-corrected chi connectivity index (χ0v) is 17.1. The standard InChI is InChI=1S/C20H26N2O6S/c1-13(2)11-18(20(25)26)22-17(19(23)24)9-10-21-29(27,28)16-8-7-14-5-3-4-6-15(14)12-16/h3-8,12-13,17-18,21-22H,9-11H2,1-2H3,(H,23,24)(H,25,26)/t17?,18-/m0/s1. The summed E-state index contributed by atoms with van der Waals surface area (Å²) < 4.78 is 27.5. The maximum Gasteiger partial charge on any atom is 0.320 e. The maximum atomic E-state index is 12.5. The van der Waals surface area contributed by atoms with Crippen LogP contribution in [0.2, 0.25) is 0 Å². The third-order valence-corrected chi connectivity index (χ3v) is 5.92. The van der Waals surface area contributed by atoms with Gasteiger partial charge in [-0.05, 0) is 41.7 Å². The van der Waals surface area contributed by atoms with Gasteiger partial charge in [0.1, 0.15) is 12.1 Å². The molecule has 0 saturated heterocycles. The van der Waals surface area contributed by atoms with E-state index in [9.17, 15) is 28.2 Å². The van der Waals surface area contributed by atoms with Gasteiger partial charge in [0.15, 0.2) is 0 Å². The van der Waals surface area contributed by atoms with Crippen LogP contribution in [-0.4, -0.2) is 49.2 Å². The number of fused-ring (bicyclic) bond motifs is 1. The van der Waals surface area contributed by atoms with Crippen LogP contribution in [0.5, 0.6) is 0 Å². The predicted octanol–water partition coefficient (Wildman–Crippen LogP) is 2.05. The van der Waals surface area contributed by atoms with Gasteiger partial charge in [-0.15, -0.1) is 0 Å². The maximum absolute atomic E-state index is 12.5. The number of nitrogens with one attached hydrogen (secondary N) is 2. The van der Waals surface area contributed by atoms with Gasteiger partial charge >= 0.3 is 11.9 Å². The second-order valence-electron chi connectivity index (χ2n) is 7.27. The first-order valence-corrected chi connectivity index (χ1v) is 10.8. The van der Waals surface area contributed by atoms with Gasteiger partial charge in [0.05, 0.1) is 4.90 Å². The summed E-state index contributed by atoms with van der Waals surface area (Å²) in [6.45, 7) is 3.53. The summed E-state index contributed by atoms with van der Waals surface area (Å²) in [5, 5.41) is 22.9. The molecule has 0 heterocycles. The normalized spacial score (nSPS) is 14.0. The van der Waals surface area contributed by atoms with Crippen molar-refractivity contribution in [3.8, 4) is 0 Å². The van der Waals surface area contributed by atoms with Gasteiger partial charge in [-0.2, -0.15) is 0 Å². The number of carboxylic acids is 2.